The number of carbonyl (C=O) groups is 1. The molecule has 0 N–H and O–H groups in total. The quantitative estimate of drug-likeness (QED) is 0.782. The number of carbonyl (C=O) groups excluding carboxylic acids is 1. The van der Waals surface area contributed by atoms with Crippen LogP contribution in [0.5, 0.6) is 0 Å². The van der Waals surface area contributed by atoms with Crippen LogP contribution in [0.25, 0.3) is 10.6 Å². The number of methoxy groups -OCH3 is 1. The molecule has 4 nitrogen and oxygen atoms in total. The SMILES string of the molecule is COC(=O)Cc1nccc(-c2sccc2C)n1. The normalized spacial score (nSPS) is 10.2. The second-order valence-electron chi connectivity index (χ2n) is 3.54. The van der Waals surface area contributed by atoms with E-state index < -0.39 is 0 Å². The number of aromatic nitrogens is 2. The van der Waals surface area contributed by atoms with Crippen LogP contribution >= 0.6 is 11.3 Å². The van der Waals surface area contributed by atoms with Crippen molar-refractivity contribution in [2.24, 2.45) is 0 Å². The lowest BCUT2D eigenvalue weighted by atomic mass is 10.2. The van der Waals surface area contributed by atoms with Gasteiger partial charge in [0.05, 0.1) is 17.7 Å². The second kappa shape index (κ2) is 5.05. The molecule has 17 heavy (non-hydrogen) atoms. The standard InChI is InChI=1S/C12H12N2O2S/c1-8-4-6-17-12(8)9-3-5-13-10(14-9)7-11(15)16-2/h3-6H,7H2,1-2H3. The van der Waals surface area contributed by atoms with Crippen molar-refractivity contribution in [2.45, 2.75) is 13.3 Å². The molecule has 0 unspecified atom stereocenters. The Morgan fingerprint density at radius 3 is 2.94 bits per heavy atom. The van der Waals surface area contributed by atoms with Crippen LogP contribution in [0.3, 0.4) is 0 Å². The van der Waals surface area contributed by atoms with Crippen LogP contribution in [0.1, 0.15) is 11.4 Å². The van der Waals surface area contributed by atoms with Gasteiger partial charge in [0.25, 0.3) is 0 Å². The second-order valence-corrected chi connectivity index (χ2v) is 4.46. The topological polar surface area (TPSA) is 52.1 Å². The molecule has 0 bridgehead atoms. The zero-order valence-electron chi connectivity index (χ0n) is 9.64. The van der Waals surface area contributed by atoms with Gasteiger partial charge in [0, 0.05) is 6.20 Å². The highest BCUT2D eigenvalue weighted by atomic mass is 32.1. The molecule has 0 radical (unpaired) electrons. The number of hydrogen-bond acceptors (Lipinski definition) is 5. The monoisotopic (exact) mass is 248 g/mol. The van der Waals surface area contributed by atoms with Gasteiger partial charge in [0.15, 0.2) is 0 Å². The molecule has 0 aliphatic heterocycles. The fourth-order valence-electron chi connectivity index (χ4n) is 1.45. The average molecular weight is 248 g/mol. The number of aryl methyl sites for hydroxylation is 1. The molecule has 0 aliphatic rings. The molecular formula is C12H12N2O2S. The lowest BCUT2D eigenvalue weighted by molar-refractivity contribution is -0.139. The van der Waals surface area contributed by atoms with E-state index in [1.165, 1.54) is 12.7 Å². The molecule has 0 amide bonds. The molecule has 0 aliphatic carbocycles. The van der Waals surface area contributed by atoms with Gasteiger partial charge in [-0.2, -0.15) is 0 Å². The maximum absolute atomic E-state index is 11.1. The summed E-state index contributed by atoms with van der Waals surface area (Å²) in [5.41, 5.74) is 2.03. The first kappa shape index (κ1) is 11.7. The number of rotatable bonds is 3. The number of nitrogens with zero attached hydrogens (tertiary/aromatic N) is 2. The molecule has 88 valence electrons. The molecule has 0 fully saturated rings. The van der Waals surface area contributed by atoms with Crippen LogP contribution < -0.4 is 0 Å². The molecule has 0 spiro atoms. The minimum Gasteiger partial charge on any atom is -0.469 e. The third-order valence-electron chi connectivity index (χ3n) is 2.33. The van der Waals surface area contributed by atoms with Crippen molar-refractivity contribution in [3.05, 3.63) is 35.1 Å². The summed E-state index contributed by atoms with van der Waals surface area (Å²) in [6.07, 6.45) is 1.77. The van der Waals surface area contributed by atoms with Crippen LogP contribution in [-0.4, -0.2) is 23.0 Å². The van der Waals surface area contributed by atoms with Gasteiger partial charge < -0.3 is 4.74 Å². The molecule has 2 aromatic rings. The van der Waals surface area contributed by atoms with E-state index >= 15 is 0 Å². The summed E-state index contributed by atoms with van der Waals surface area (Å²) in [4.78, 5) is 20.7. The van der Waals surface area contributed by atoms with Gasteiger partial charge in [-0.15, -0.1) is 11.3 Å². The zero-order chi connectivity index (χ0) is 12.3. The first-order chi connectivity index (χ1) is 8.20. The smallest absolute Gasteiger partial charge is 0.313 e. The van der Waals surface area contributed by atoms with Gasteiger partial charge >= 0.3 is 5.97 Å². The van der Waals surface area contributed by atoms with Crippen molar-refractivity contribution in [1.82, 2.24) is 9.97 Å². The summed E-state index contributed by atoms with van der Waals surface area (Å²) in [5, 5.41) is 2.02. The summed E-state index contributed by atoms with van der Waals surface area (Å²) in [6, 6.07) is 3.89. The summed E-state index contributed by atoms with van der Waals surface area (Å²) in [6.45, 7) is 2.04. The third-order valence-corrected chi connectivity index (χ3v) is 3.37. The van der Waals surface area contributed by atoms with E-state index in [-0.39, 0.29) is 12.4 Å². The fraction of sp³-hybridized carbons (Fsp3) is 0.250. The van der Waals surface area contributed by atoms with Crippen molar-refractivity contribution in [1.29, 1.82) is 0 Å². The van der Waals surface area contributed by atoms with Crippen LogP contribution in [0.15, 0.2) is 23.7 Å². The predicted octanol–water partition coefficient (Wildman–Crippen LogP) is 2.23. The van der Waals surface area contributed by atoms with E-state index in [0.717, 1.165) is 10.6 Å². The number of hydrogen-bond donors (Lipinski definition) is 0. The molecular weight excluding hydrogens is 236 g/mol. The van der Waals surface area contributed by atoms with Gasteiger partial charge in [0.1, 0.15) is 12.2 Å². The lowest BCUT2D eigenvalue weighted by Crippen LogP contribution is -2.08. The van der Waals surface area contributed by atoms with E-state index in [0.29, 0.717) is 5.82 Å². The van der Waals surface area contributed by atoms with Gasteiger partial charge in [-0.25, -0.2) is 9.97 Å². The molecule has 5 heteroatoms. The van der Waals surface area contributed by atoms with E-state index in [9.17, 15) is 4.79 Å². The van der Waals surface area contributed by atoms with Crippen molar-refractivity contribution in [3.63, 3.8) is 0 Å². The Labute approximate surface area is 103 Å². The van der Waals surface area contributed by atoms with Crippen LogP contribution in [0, 0.1) is 6.92 Å². The van der Waals surface area contributed by atoms with Gasteiger partial charge in [0.2, 0.25) is 0 Å². The van der Waals surface area contributed by atoms with Gasteiger partial charge in [-0.3, -0.25) is 4.79 Å². The number of thiophene rings is 1. The number of esters is 1. The molecule has 2 rings (SSSR count). The Bertz CT molecular complexity index is 537. The van der Waals surface area contributed by atoms with E-state index in [1.54, 1.807) is 17.5 Å². The van der Waals surface area contributed by atoms with Crippen molar-refractivity contribution >= 4 is 17.3 Å². The molecule has 0 aromatic carbocycles. The van der Waals surface area contributed by atoms with Gasteiger partial charge in [-0.1, -0.05) is 0 Å². The Hall–Kier alpha value is -1.75. The minimum absolute atomic E-state index is 0.106. The first-order valence-corrected chi connectivity index (χ1v) is 6.02. The first-order valence-electron chi connectivity index (χ1n) is 5.14. The molecule has 0 atom stereocenters. The summed E-state index contributed by atoms with van der Waals surface area (Å²) >= 11 is 1.63. The van der Waals surface area contributed by atoms with Crippen LogP contribution in [0.2, 0.25) is 0 Å². The summed E-state index contributed by atoms with van der Waals surface area (Å²) in [5.74, 6) is 0.159. The molecule has 2 aromatic heterocycles. The molecule has 0 saturated heterocycles. The largest absolute Gasteiger partial charge is 0.469 e. The minimum atomic E-state index is -0.329. The Morgan fingerprint density at radius 2 is 2.29 bits per heavy atom. The highest BCUT2D eigenvalue weighted by molar-refractivity contribution is 7.13. The lowest BCUT2D eigenvalue weighted by Gasteiger charge is -2.02. The average Bonchev–Trinajstić information content (AvgIpc) is 2.75. The highest BCUT2D eigenvalue weighted by Crippen LogP contribution is 2.26. The van der Waals surface area contributed by atoms with E-state index in [4.69, 9.17) is 0 Å². The van der Waals surface area contributed by atoms with E-state index in [1.807, 2.05) is 24.4 Å². The number of ether oxygens (including phenoxy) is 1. The van der Waals surface area contributed by atoms with E-state index in [2.05, 4.69) is 14.7 Å². The Morgan fingerprint density at radius 1 is 1.47 bits per heavy atom. The van der Waals surface area contributed by atoms with Crippen LogP contribution in [0.4, 0.5) is 0 Å². The summed E-state index contributed by atoms with van der Waals surface area (Å²) in [7, 11) is 1.36. The van der Waals surface area contributed by atoms with Crippen LogP contribution in [-0.2, 0) is 16.0 Å². The zero-order valence-corrected chi connectivity index (χ0v) is 10.5. The maximum Gasteiger partial charge on any atom is 0.313 e. The van der Waals surface area contributed by atoms with Crippen molar-refractivity contribution in [3.8, 4) is 10.6 Å². The molecule has 0 saturated carbocycles. The maximum atomic E-state index is 11.1. The third kappa shape index (κ3) is 2.68. The Kier molecular flexibility index (Phi) is 3.49. The van der Waals surface area contributed by atoms with Crippen molar-refractivity contribution in [2.75, 3.05) is 7.11 Å². The molecule has 2 heterocycles. The predicted molar refractivity (Wildman–Crippen MR) is 65.8 cm³/mol. The highest BCUT2D eigenvalue weighted by Gasteiger charge is 2.09. The summed E-state index contributed by atoms with van der Waals surface area (Å²) < 4.78 is 4.59. The fourth-order valence-corrected chi connectivity index (χ4v) is 2.34. The Balaban J connectivity index is 2.29. The van der Waals surface area contributed by atoms with Gasteiger partial charge in [-0.05, 0) is 30.0 Å². The van der Waals surface area contributed by atoms with Crippen molar-refractivity contribution < 1.29 is 9.53 Å².